The highest BCUT2D eigenvalue weighted by Crippen LogP contribution is 1.95. The molecule has 0 aliphatic carbocycles. The molecule has 0 aliphatic heterocycles. The smallest absolute Gasteiger partial charge is 0.237 e. The van der Waals surface area contributed by atoms with Crippen molar-refractivity contribution in [1.29, 1.82) is 0 Å². The number of amides is 1. The lowest BCUT2D eigenvalue weighted by atomic mass is 10.3. The Hall–Kier alpha value is -0.220. The Morgan fingerprint density at radius 2 is 2.20 bits per heavy atom. The molecular formula is C6H14N2OS. The lowest BCUT2D eigenvalue weighted by Crippen LogP contribution is -2.42. The van der Waals surface area contributed by atoms with E-state index in [1.165, 1.54) is 0 Å². The van der Waals surface area contributed by atoms with Crippen LogP contribution in [0.1, 0.15) is 0 Å². The van der Waals surface area contributed by atoms with E-state index in [-0.39, 0.29) is 11.9 Å². The van der Waals surface area contributed by atoms with Gasteiger partial charge in [-0.05, 0) is 13.3 Å². The van der Waals surface area contributed by atoms with Crippen LogP contribution in [0.3, 0.4) is 0 Å². The van der Waals surface area contributed by atoms with E-state index in [9.17, 15) is 4.79 Å². The van der Waals surface area contributed by atoms with Crippen molar-refractivity contribution in [3.63, 3.8) is 0 Å². The summed E-state index contributed by atoms with van der Waals surface area (Å²) in [5.41, 5.74) is 0. The Labute approximate surface area is 65.9 Å². The first-order chi connectivity index (χ1) is 4.76. The Bertz CT molecular complexity index is 108. The first-order valence-corrected chi connectivity index (χ1v) is 4.53. The van der Waals surface area contributed by atoms with Crippen LogP contribution in [0.15, 0.2) is 0 Å². The summed E-state index contributed by atoms with van der Waals surface area (Å²) in [6, 6.07) is -0.0556. The second kappa shape index (κ2) is 5.56. The molecule has 0 rings (SSSR count). The highest BCUT2D eigenvalue weighted by Gasteiger charge is 2.12. The number of hydrogen-bond donors (Lipinski definition) is 2. The van der Waals surface area contributed by atoms with Gasteiger partial charge in [0.2, 0.25) is 5.91 Å². The van der Waals surface area contributed by atoms with Gasteiger partial charge in [0.15, 0.2) is 0 Å². The van der Waals surface area contributed by atoms with E-state index in [0.29, 0.717) is 0 Å². The molecule has 10 heavy (non-hydrogen) atoms. The van der Waals surface area contributed by atoms with Crippen molar-refractivity contribution >= 4 is 17.7 Å². The van der Waals surface area contributed by atoms with Crippen LogP contribution in [-0.4, -0.2) is 38.1 Å². The molecular weight excluding hydrogens is 148 g/mol. The monoisotopic (exact) mass is 162 g/mol. The Kier molecular flexibility index (Phi) is 5.43. The van der Waals surface area contributed by atoms with Gasteiger partial charge in [-0.1, -0.05) is 0 Å². The molecule has 0 saturated heterocycles. The third-order valence-electron chi connectivity index (χ3n) is 1.24. The van der Waals surface area contributed by atoms with Crippen LogP contribution in [0.4, 0.5) is 0 Å². The fraction of sp³-hybridized carbons (Fsp3) is 0.833. The van der Waals surface area contributed by atoms with E-state index in [2.05, 4.69) is 10.6 Å². The number of carbonyl (C=O) groups is 1. The minimum absolute atomic E-state index is 0.0526. The highest BCUT2D eigenvalue weighted by molar-refractivity contribution is 7.98. The van der Waals surface area contributed by atoms with Crippen LogP contribution >= 0.6 is 11.8 Å². The maximum atomic E-state index is 10.9. The molecule has 0 aromatic heterocycles. The molecule has 0 spiro atoms. The van der Waals surface area contributed by atoms with Crippen molar-refractivity contribution in [3.05, 3.63) is 0 Å². The predicted molar refractivity (Wildman–Crippen MR) is 45.3 cm³/mol. The average molecular weight is 162 g/mol. The number of thioether (sulfide) groups is 1. The molecule has 1 unspecified atom stereocenters. The van der Waals surface area contributed by atoms with Crippen molar-refractivity contribution in [3.8, 4) is 0 Å². The van der Waals surface area contributed by atoms with Gasteiger partial charge in [-0.25, -0.2) is 0 Å². The molecule has 0 saturated carbocycles. The zero-order chi connectivity index (χ0) is 7.98. The van der Waals surface area contributed by atoms with E-state index in [4.69, 9.17) is 0 Å². The molecule has 1 atom stereocenters. The molecule has 0 aromatic rings. The maximum absolute atomic E-state index is 10.9. The first kappa shape index (κ1) is 9.78. The van der Waals surface area contributed by atoms with Crippen LogP contribution in [0.25, 0.3) is 0 Å². The summed E-state index contributed by atoms with van der Waals surface area (Å²) in [7, 11) is 3.43. The van der Waals surface area contributed by atoms with Crippen molar-refractivity contribution < 1.29 is 4.79 Å². The summed E-state index contributed by atoms with van der Waals surface area (Å²) in [5.74, 6) is 0.868. The first-order valence-electron chi connectivity index (χ1n) is 3.14. The maximum Gasteiger partial charge on any atom is 0.237 e. The number of carbonyl (C=O) groups excluding carboxylic acids is 1. The molecule has 2 N–H and O–H groups in total. The van der Waals surface area contributed by atoms with E-state index in [0.717, 1.165) is 5.75 Å². The summed E-state index contributed by atoms with van der Waals surface area (Å²) in [4.78, 5) is 10.9. The topological polar surface area (TPSA) is 41.1 Å². The number of hydrogen-bond acceptors (Lipinski definition) is 3. The fourth-order valence-corrected chi connectivity index (χ4v) is 1.28. The average Bonchev–Trinajstić information content (AvgIpc) is 1.99. The lowest BCUT2D eigenvalue weighted by Gasteiger charge is -2.11. The van der Waals surface area contributed by atoms with Gasteiger partial charge in [-0.3, -0.25) is 4.79 Å². The molecule has 0 aromatic carbocycles. The predicted octanol–water partition coefficient (Wildman–Crippen LogP) is -0.317. The van der Waals surface area contributed by atoms with E-state index >= 15 is 0 Å². The second-order valence-corrected chi connectivity index (χ2v) is 2.82. The van der Waals surface area contributed by atoms with Crippen molar-refractivity contribution in [2.24, 2.45) is 0 Å². The van der Waals surface area contributed by atoms with Crippen molar-refractivity contribution in [1.82, 2.24) is 10.6 Å². The largest absolute Gasteiger partial charge is 0.358 e. The zero-order valence-corrected chi connectivity index (χ0v) is 7.42. The van der Waals surface area contributed by atoms with Gasteiger partial charge in [0.05, 0.1) is 6.04 Å². The van der Waals surface area contributed by atoms with Crippen LogP contribution in [0, 0.1) is 0 Å². The third kappa shape index (κ3) is 3.08. The van der Waals surface area contributed by atoms with E-state index in [1.54, 1.807) is 25.9 Å². The van der Waals surface area contributed by atoms with Gasteiger partial charge in [-0.15, -0.1) is 0 Å². The normalized spacial score (nSPS) is 12.7. The highest BCUT2D eigenvalue weighted by atomic mass is 32.2. The van der Waals surface area contributed by atoms with Crippen LogP contribution in [0.2, 0.25) is 0 Å². The molecule has 0 radical (unpaired) electrons. The summed E-state index contributed by atoms with van der Waals surface area (Å²) >= 11 is 1.65. The van der Waals surface area contributed by atoms with Gasteiger partial charge in [0.25, 0.3) is 0 Å². The number of likely N-dealkylation sites (N-methyl/N-ethyl adjacent to an activating group) is 2. The molecule has 0 fully saturated rings. The van der Waals surface area contributed by atoms with Gasteiger partial charge in [0.1, 0.15) is 0 Å². The standard InChI is InChI=1S/C6H14N2OS/c1-7-5(4-10-3)6(9)8-2/h5,7H,4H2,1-3H3,(H,8,9). The SMILES string of the molecule is CNC(=O)C(CSC)NC. The molecule has 0 heterocycles. The molecule has 4 heteroatoms. The van der Waals surface area contributed by atoms with E-state index in [1.807, 2.05) is 6.26 Å². The fourth-order valence-electron chi connectivity index (χ4n) is 0.631. The second-order valence-electron chi connectivity index (χ2n) is 1.91. The minimum Gasteiger partial charge on any atom is -0.358 e. The van der Waals surface area contributed by atoms with Gasteiger partial charge in [-0.2, -0.15) is 11.8 Å². The third-order valence-corrected chi connectivity index (χ3v) is 1.91. The Balaban J connectivity index is 3.68. The van der Waals surface area contributed by atoms with Crippen LogP contribution in [0.5, 0.6) is 0 Å². The van der Waals surface area contributed by atoms with Gasteiger partial charge >= 0.3 is 0 Å². The quantitative estimate of drug-likeness (QED) is 0.595. The molecule has 0 aliphatic rings. The number of nitrogens with one attached hydrogen (secondary N) is 2. The van der Waals surface area contributed by atoms with Crippen LogP contribution < -0.4 is 10.6 Å². The number of rotatable bonds is 4. The van der Waals surface area contributed by atoms with Gasteiger partial charge < -0.3 is 10.6 Å². The molecule has 1 amide bonds. The van der Waals surface area contributed by atoms with Crippen LogP contribution in [-0.2, 0) is 4.79 Å². The van der Waals surface area contributed by atoms with Gasteiger partial charge in [0, 0.05) is 12.8 Å². The minimum atomic E-state index is -0.0556. The molecule has 3 nitrogen and oxygen atoms in total. The van der Waals surface area contributed by atoms with E-state index < -0.39 is 0 Å². The molecule has 0 bridgehead atoms. The Morgan fingerprint density at radius 1 is 1.60 bits per heavy atom. The Morgan fingerprint density at radius 3 is 2.50 bits per heavy atom. The van der Waals surface area contributed by atoms with Crippen molar-refractivity contribution in [2.45, 2.75) is 6.04 Å². The lowest BCUT2D eigenvalue weighted by molar-refractivity contribution is -0.121. The summed E-state index contributed by atoms with van der Waals surface area (Å²) in [6.07, 6.45) is 1.98. The summed E-state index contributed by atoms with van der Waals surface area (Å²) in [5, 5.41) is 5.51. The molecule has 60 valence electrons. The zero-order valence-electron chi connectivity index (χ0n) is 6.60. The summed E-state index contributed by atoms with van der Waals surface area (Å²) in [6.45, 7) is 0. The summed E-state index contributed by atoms with van der Waals surface area (Å²) < 4.78 is 0. The van der Waals surface area contributed by atoms with Crippen molar-refractivity contribution in [2.75, 3.05) is 26.1 Å².